The summed E-state index contributed by atoms with van der Waals surface area (Å²) < 4.78 is 22.8. The van der Waals surface area contributed by atoms with Crippen LogP contribution in [-0.2, 0) is 24.7 Å². The van der Waals surface area contributed by atoms with Gasteiger partial charge in [0, 0.05) is 25.5 Å². The lowest BCUT2D eigenvalue weighted by Gasteiger charge is -2.22. The molecule has 1 heterocycles. The smallest absolute Gasteiger partial charge is 0.261 e. The summed E-state index contributed by atoms with van der Waals surface area (Å²) in [6.07, 6.45) is -1.76. The Morgan fingerprint density at radius 3 is 2.70 bits per heavy atom. The molecule has 108 valence electrons. The first-order valence-electron chi connectivity index (χ1n) is 5.84. The predicted molar refractivity (Wildman–Crippen MR) is 66.4 cm³/mol. The number of carbonyl (C=O) groups is 2. The number of nitrogens with one attached hydrogen (secondary N) is 1. The number of carbonyl (C=O) groups excluding carboxylic acids is 2. The molecule has 0 aromatic heterocycles. The highest BCUT2D eigenvalue weighted by atomic mass is 19.1. The Morgan fingerprint density at radius 2 is 2.10 bits per heavy atom. The number of halogens is 1. The minimum atomic E-state index is -2.12. The molecule has 0 radical (unpaired) electrons. The van der Waals surface area contributed by atoms with Gasteiger partial charge in [0.25, 0.3) is 5.91 Å². The van der Waals surface area contributed by atoms with E-state index in [-0.39, 0.29) is 11.3 Å². The summed E-state index contributed by atoms with van der Waals surface area (Å²) in [5.41, 5.74) is -1.82. The lowest BCUT2D eigenvalue weighted by molar-refractivity contribution is -0.163. The molecule has 1 aliphatic rings. The third-order valence-corrected chi connectivity index (χ3v) is 3.17. The van der Waals surface area contributed by atoms with Gasteiger partial charge in [0.2, 0.25) is 6.29 Å². The van der Waals surface area contributed by atoms with Crippen molar-refractivity contribution in [3.63, 3.8) is 0 Å². The van der Waals surface area contributed by atoms with Crippen LogP contribution in [0, 0.1) is 5.82 Å². The van der Waals surface area contributed by atoms with E-state index in [0.717, 1.165) is 12.1 Å². The van der Waals surface area contributed by atoms with Gasteiger partial charge in [-0.3, -0.25) is 9.59 Å². The van der Waals surface area contributed by atoms with Gasteiger partial charge < -0.3 is 19.9 Å². The van der Waals surface area contributed by atoms with Crippen molar-refractivity contribution in [3.05, 3.63) is 29.6 Å². The minimum Gasteiger partial charge on any atom is -0.375 e. The zero-order valence-electron chi connectivity index (χ0n) is 11.0. The number of fused-ring (bicyclic) bond motifs is 1. The molecule has 7 heteroatoms. The van der Waals surface area contributed by atoms with E-state index in [1.165, 1.54) is 20.3 Å². The zero-order valence-corrected chi connectivity index (χ0v) is 11.0. The van der Waals surface area contributed by atoms with Gasteiger partial charge in [0.15, 0.2) is 11.4 Å². The number of ether oxygens (including phenoxy) is 2. The lowest BCUT2D eigenvalue weighted by Crippen LogP contribution is -2.40. The summed E-state index contributed by atoms with van der Waals surface area (Å²) in [7, 11) is 2.52. The highest BCUT2D eigenvalue weighted by molar-refractivity contribution is 6.07. The van der Waals surface area contributed by atoms with Gasteiger partial charge >= 0.3 is 0 Å². The molecule has 0 fully saturated rings. The van der Waals surface area contributed by atoms with Crippen molar-refractivity contribution in [2.24, 2.45) is 0 Å². The fourth-order valence-corrected chi connectivity index (χ4v) is 2.19. The minimum absolute atomic E-state index is 0.0295. The maximum atomic E-state index is 13.3. The summed E-state index contributed by atoms with van der Waals surface area (Å²) >= 11 is 0. The highest BCUT2D eigenvalue weighted by Gasteiger charge is 2.47. The first-order valence-corrected chi connectivity index (χ1v) is 5.84. The molecule has 1 aromatic carbocycles. The van der Waals surface area contributed by atoms with Crippen LogP contribution in [0.2, 0.25) is 0 Å². The average molecular weight is 283 g/mol. The number of methoxy groups -OCH3 is 2. The Balaban J connectivity index is 2.33. The fraction of sp³-hybridized carbons (Fsp3) is 0.385. The van der Waals surface area contributed by atoms with Crippen molar-refractivity contribution in [3.8, 4) is 0 Å². The number of aliphatic hydroxyl groups is 1. The Bertz CT molecular complexity index is 558. The van der Waals surface area contributed by atoms with Crippen molar-refractivity contribution >= 4 is 17.4 Å². The van der Waals surface area contributed by atoms with Gasteiger partial charge in [0.1, 0.15) is 5.82 Å². The van der Waals surface area contributed by atoms with E-state index in [4.69, 9.17) is 9.47 Å². The number of ketones is 1. The molecular formula is C13H14FNO5. The molecule has 2 rings (SSSR count). The van der Waals surface area contributed by atoms with Crippen LogP contribution in [0.4, 0.5) is 10.1 Å². The Labute approximate surface area is 114 Å². The van der Waals surface area contributed by atoms with Gasteiger partial charge in [-0.2, -0.15) is 0 Å². The van der Waals surface area contributed by atoms with Gasteiger partial charge in [-0.1, -0.05) is 0 Å². The van der Waals surface area contributed by atoms with Crippen LogP contribution in [0.1, 0.15) is 12.0 Å². The van der Waals surface area contributed by atoms with Crippen LogP contribution < -0.4 is 5.32 Å². The van der Waals surface area contributed by atoms with E-state index >= 15 is 0 Å². The number of hydrogen-bond donors (Lipinski definition) is 2. The van der Waals surface area contributed by atoms with Gasteiger partial charge in [0.05, 0.1) is 6.42 Å². The van der Waals surface area contributed by atoms with Crippen molar-refractivity contribution < 1.29 is 28.6 Å². The first-order chi connectivity index (χ1) is 9.42. The molecule has 0 bridgehead atoms. The van der Waals surface area contributed by atoms with Gasteiger partial charge in [-0.05, 0) is 18.2 Å². The second kappa shape index (κ2) is 5.28. The molecule has 1 aromatic rings. The van der Waals surface area contributed by atoms with E-state index in [1.807, 2.05) is 0 Å². The standard InChI is InChI=1S/C13H14FNO5/c1-19-11(20-2)10(16)6-13(18)8-5-7(14)3-4-9(8)15-12(13)17/h3-5,11,18H,6H2,1-2H3,(H,15,17)/t13-/m0/s1. The molecule has 0 aliphatic carbocycles. The monoisotopic (exact) mass is 283 g/mol. The summed E-state index contributed by atoms with van der Waals surface area (Å²) in [5, 5.41) is 12.8. The van der Waals surface area contributed by atoms with Crippen LogP contribution in [0.25, 0.3) is 0 Å². The molecule has 20 heavy (non-hydrogen) atoms. The Morgan fingerprint density at radius 1 is 1.45 bits per heavy atom. The van der Waals surface area contributed by atoms with Crippen LogP contribution in [0.15, 0.2) is 18.2 Å². The number of rotatable bonds is 5. The summed E-state index contributed by atoms with van der Waals surface area (Å²) in [4.78, 5) is 23.8. The largest absolute Gasteiger partial charge is 0.375 e. The van der Waals surface area contributed by atoms with E-state index in [2.05, 4.69) is 5.32 Å². The normalized spacial score (nSPS) is 20.9. The summed E-state index contributed by atoms with van der Waals surface area (Å²) in [5.74, 6) is -2.01. The molecule has 0 saturated heterocycles. The third-order valence-electron chi connectivity index (χ3n) is 3.17. The number of benzene rings is 1. The topological polar surface area (TPSA) is 84.9 Å². The van der Waals surface area contributed by atoms with Crippen molar-refractivity contribution in [1.29, 1.82) is 0 Å². The second-order valence-corrected chi connectivity index (χ2v) is 4.45. The molecule has 2 N–H and O–H groups in total. The van der Waals surface area contributed by atoms with Gasteiger partial charge in [-0.25, -0.2) is 4.39 Å². The average Bonchev–Trinajstić information content (AvgIpc) is 2.64. The molecule has 1 atom stereocenters. The lowest BCUT2D eigenvalue weighted by atomic mass is 9.89. The SMILES string of the molecule is COC(OC)C(=O)C[C@@]1(O)C(=O)Nc2ccc(F)cc21. The second-order valence-electron chi connectivity index (χ2n) is 4.45. The van der Waals surface area contributed by atoms with Crippen LogP contribution >= 0.6 is 0 Å². The first kappa shape index (κ1) is 14.6. The number of Topliss-reactive ketones (excluding diaryl/α,β-unsaturated/α-hetero) is 1. The summed E-state index contributed by atoms with van der Waals surface area (Å²) in [6.45, 7) is 0. The molecule has 0 unspecified atom stereocenters. The quantitative estimate of drug-likeness (QED) is 0.771. The molecule has 0 saturated carbocycles. The van der Waals surface area contributed by atoms with Crippen molar-refractivity contribution in [2.45, 2.75) is 18.3 Å². The van der Waals surface area contributed by atoms with E-state index in [0.29, 0.717) is 0 Å². The van der Waals surface area contributed by atoms with E-state index < -0.39 is 35.8 Å². The Hall–Kier alpha value is -1.83. The van der Waals surface area contributed by atoms with Crippen LogP contribution in [-0.4, -0.2) is 37.3 Å². The molecule has 1 aliphatic heterocycles. The van der Waals surface area contributed by atoms with E-state index in [9.17, 15) is 19.1 Å². The van der Waals surface area contributed by atoms with Crippen molar-refractivity contribution in [2.75, 3.05) is 19.5 Å². The molecule has 0 spiro atoms. The van der Waals surface area contributed by atoms with Crippen LogP contribution in [0.3, 0.4) is 0 Å². The maximum absolute atomic E-state index is 13.3. The molecule has 1 amide bonds. The highest BCUT2D eigenvalue weighted by Crippen LogP contribution is 2.39. The van der Waals surface area contributed by atoms with E-state index in [1.54, 1.807) is 0 Å². The zero-order chi connectivity index (χ0) is 14.9. The fourth-order valence-electron chi connectivity index (χ4n) is 2.19. The molecular weight excluding hydrogens is 269 g/mol. The number of hydrogen-bond acceptors (Lipinski definition) is 5. The molecule has 6 nitrogen and oxygen atoms in total. The Kier molecular flexibility index (Phi) is 3.85. The summed E-state index contributed by atoms with van der Waals surface area (Å²) in [6, 6.07) is 3.50. The number of amides is 1. The maximum Gasteiger partial charge on any atom is 0.261 e. The van der Waals surface area contributed by atoms with Gasteiger partial charge in [-0.15, -0.1) is 0 Å². The number of anilines is 1. The van der Waals surface area contributed by atoms with Crippen LogP contribution in [0.5, 0.6) is 0 Å². The predicted octanol–water partition coefficient (Wildman–Crippen LogP) is 0.543. The third kappa shape index (κ3) is 2.31. The van der Waals surface area contributed by atoms with Crippen molar-refractivity contribution in [1.82, 2.24) is 0 Å².